The van der Waals surface area contributed by atoms with Crippen LogP contribution in [0.4, 0.5) is 4.39 Å². The van der Waals surface area contributed by atoms with Crippen molar-refractivity contribution < 1.29 is 14.3 Å². The Bertz CT molecular complexity index is 479. The van der Waals surface area contributed by atoms with Crippen molar-refractivity contribution in [2.45, 2.75) is 79.0 Å². The molecule has 0 saturated heterocycles. The molecule has 0 saturated carbocycles. The van der Waals surface area contributed by atoms with E-state index in [0.717, 1.165) is 15.7 Å². The molecule has 0 aliphatic rings. The third-order valence-corrected chi connectivity index (χ3v) is 24.0. The molecule has 132 valence electrons. The van der Waals surface area contributed by atoms with Crippen LogP contribution in [0.5, 0.6) is 0 Å². The first kappa shape index (κ1) is 20.9. The Balaban J connectivity index is 3.15. The molecule has 0 amide bonds. The molecule has 0 unspecified atom stereocenters. The molecule has 0 radical (unpaired) electrons. The van der Waals surface area contributed by atoms with E-state index in [9.17, 15) is 14.3 Å². The summed E-state index contributed by atoms with van der Waals surface area (Å²) in [6, 6.07) is 1.60. The normalized spacial score (nSPS) is 11.8. The van der Waals surface area contributed by atoms with Gasteiger partial charge in [-0.05, 0) is 0 Å². The van der Waals surface area contributed by atoms with Gasteiger partial charge in [0.15, 0.2) is 0 Å². The van der Waals surface area contributed by atoms with Crippen molar-refractivity contribution in [3.8, 4) is 0 Å². The molecular weight excluding hydrogens is 418 g/mol. The molecule has 23 heavy (non-hydrogen) atoms. The third kappa shape index (κ3) is 6.04. The second-order valence-corrected chi connectivity index (χ2v) is 21.8. The number of hydrogen-bond acceptors (Lipinski definition) is 2. The Hall–Kier alpha value is -0.101. The fourth-order valence-corrected chi connectivity index (χ4v) is 22.9. The van der Waals surface area contributed by atoms with E-state index >= 15 is 0 Å². The Labute approximate surface area is 148 Å². The van der Waals surface area contributed by atoms with Crippen molar-refractivity contribution in [2.24, 2.45) is 0 Å². The average molecular weight is 449 g/mol. The van der Waals surface area contributed by atoms with Crippen molar-refractivity contribution >= 4 is 38.6 Å². The number of unbranched alkanes of at least 4 members (excludes halogenated alkanes) is 4. The van der Waals surface area contributed by atoms with Crippen molar-refractivity contribution in [1.29, 1.82) is 0 Å². The molecular formula is C18H31FO2SSn. The second-order valence-electron chi connectivity index (χ2n) is 6.54. The predicted molar refractivity (Wildman–Crippen MR) is 100 cm³/mol. The van der Waals surface area contributed by atoms with Gasteiger partial charge in [-0.25, -0.2) is 0 Å². The van der Waals surface area contributed by atoms with Crippen LogP contribution in [-0.2, 0) is 0 Å². The van der Waals surface area contributed by atoms with Crippen molar-refractivity contribution in [1.82, 2.24) is 0 Å². The van der Waals surface area contributed by atoms with Gasteiger partial charge in [0, 0.05) is 0 Å². The van der Waals surface area contributed by atoms with Crippen molar-refractivity contribution in [2.75, 3.05) is 0 Å². The van der Waals surface area contributed by atoms with Crippen molar-refractivity contribution in [3.63, 3.8) is 0 Å². The first-order chi connectivity index (χ1) is 11.0. The van der Waals surface area contributed by atoms with Crippen LogP contribution < -0.4 is 2.89 Å². The Kier molecular flexibility index (Phi) is 9.74. The van der Waals surface area contributed by atoms with Crippen LogP contribution in [0.2, 0.25) is 13.3 Å². The molecule has 1 rings (SSSR count). The molecule has 0 bridgehead atoms. The molecule has 0 fully saturated rings. The summed E-state index contributed by atoms with van der Waals surface area (Å²) in [7, 11) is 0. The van der Waals surface area contributed by atoms with Crippen LogP contribution in [-0.4, -0.2) is 29.5 Å². The van der Waals surface area contributed by atoms with Crippen LogP contribution in [0, 0.1) is 5.82 Å². The molecule has 5 heteroatoms. The standard InChI is InChI=1S/C5H2FO2S.C5H11.2C4H9.Sn/c6-3-1-2-9-4(3)5(7)8;1-3-5-4-2;2*1-3-4-2;/h1H,(H,7,8);1,3-5H2,2H3;2*1,3-4H2,2H3;. The molecule has 1 aromatic rings. The Morgan fingerprint density at radius 1 is 1.04 bits per heavy atom. The van der Waals surface area contributed by atoms with E-state index in [1.807, 2.05) is 0 Å². The monoisotopic (exact) mass is 450 g/mol. The molecule has 2 nitrogen and oxygen atoms in total. The number of carboxylic acid groups (broad SMARTS) is 1. The van der Waals surface area contributed by atoms with Gasteiger partial charge in [-0.2, -0.15) is 0 Å². The summed E-state index contributed by atoms with van der Waals surface area (Å²) in [6.07, 6.45) is 8.39. The number of carboxylic acids is 1. The quantitative estimate of drug-likeness (QED) is 0.313. The number of thiophene rings is 1. The second kappa shape index (κ2) is 10.7. The van der Waals surface area contributed by atoms with E-state index < -0.39 is 30.2 Å². The molecule has 0 aliphatic carbocycles. The minimum atomic E-state index is -2.69. The number of halogens is 1. The third-order valence-electron chi connectivity index (χ3n) is 4.68. The number of carbonyl (C=O) groups is 1. The number of rotatable bonds is 12. The van der Waals surface area contributed by atoms with E-state index in [0.29, 0.717) is 0 Å². The summed E-state index contributed by atoms with van der Waals surface area (Å²) in [5, 5.41) is 9.20. The SMILES string of the molecule is CCCC[CH2][Sn]([CH2]CCC)([CH2]CCC)[c]1cc(F)c(C(=O)O)s1. The summed E-state index contributed by atoms with van der Waals surface area (Å²) < 4.78 is 19.0. The first-order valence-electron chi connectivity index (χ1n) is 9.03. The fourth-order valence-electron chi connectivity index (χ4n) is 3.26. The molecule has 0 aliphatic heterocycles. The van der Waals surface area contributed by atoms with Crippen LogP contribution >= 0.6 is 11.3 Å². The van der Waals surface area contributed by atoms with E-state index in [2.05, 4.69) is 20.8 Å². The zero-order valence-corrected chi connectivity index (χ0v) is 18.5. The van der Waals surface area contributed by atoms with E-state index in [4.69, 9.17) is 0 Å². The van der Waals surface area contributed by atoms with Gasteiger partial charge in [-0.1, -0.05) is 0 Å². The maximum absolute atomic E-state index is 14.1. The van der Waals surface area contributed by atoms with E-state index in [1.54, 1.807) is 6.07 Å². The summed E-state index contributed by atoms with van der Waals surface area (Å²) in [4.78, 5) is 11.2. The minimum absolute atomic E-state index is 0.0791. The van der Waals surface area contributed by atoms with Gasteiger partial charge in [-0.3, -0.25) is 0 Å². The maximum atomic E-state index is 14.1. The molecule has 0 atom stereocenters. The fraction of sp³-hybridized carbons (Fsp3) is 0.722. The van der Waals surface area contributed by atoms with Gasteiger partial charge in [0.1, 0.15) is 0 Å². The zero-order valence-electron chi connectivity index (χ0n) is 14.8. The van der Waals surface area contributed by atoms with Crippen LogP contribution in [0.3, 0.4) is 0 Å². The predicted octanol–water partition coefficient (Wildman–Crippen LogP) is 6.03. The molecule has 1 N–H and O–H groups in total. The molecule has 0 spiro atoms. The van der Waals surface area contributed by atoms with Gasteiger partial charge in [0.25, 0.3) is 0 Å². The van der Waals surface area contributed by atoms with Crippen LogP contribution in [0.15, 0.2) is 6.07 Å². The first-order valence-corrected chi connectivity index (χ1v) is 17.3. The number of aromatic carboxylic acids is 1. The number of hydrogen-bond donors (Lipinski definition) is 1. The van der Waals surface area contributed by atoms with Gasteiger partial charge >= 0.3 is 149 Å². The van der Waals surface area contributed by atoms with E-state index in [-0.39, 0.29) is 4.88 Å². The Morgan fingerprint density at radius 2 is 1.57 bits per heavy atom. The molecule has 1 heterocycles. The van der Waals surface area contributed by atoms with Gasteiger partial charge in [0.2, 0.25) is 0 Å². The van der Waals surface area contributed by atoms with Gasteiger partial charge in [-0.15, -0.1) is 0 Å². The molecule has 1 aromatic heterocycles. The van der Waals surface area contributed by atoms with Crippen LogP contribution in [0.1, 0.15) is 75.4 Å². The van der Waals surface area contributed by atoms with Gasteiger partial charge < -0.3 is 0 Å². The summed E-state index contributed by atoms with van der Waals surface area (Å²) >= 11 is -1.44. The summed E-state index contributed by atoms with van der Waals surface area (Å²) in [6.45, 7) is 6.63. The zero-order chi connectivity index (χ0) is 17.3. The van der Waals surface area contributed by atoms with E-state index in [1.165, 1.54) is 56.8 Å². The summed E-state index contributed by atoms with van der Waals surface area (Å²) in [5.74, 6) is -1.62. The van der Waals surface area contributed by atoms with Gasteiger partial charge in [0.05, 0.1) is 0 Å². The molecule has 0 aromatic carbocycles. The van der Waals surface area contributed by atoms with Crippen molar-refractivity contribution in [3.05, 3.63) is 16.8 Å². The Morgan fingerprint density at radius 3 is 2.00 bits per heavy atom. The topological polar surface area (TPSA) is 37.3 Å². The van der Waals surface area contributed by atoms with Crippen LogP contribution in [0.25, 0.3) is 0 Å². The average Bonchev–Trinajstić information content (AvgIpc) is 2.92. The summed E-state index contributed by atoms with van der Waals surface area (Å²) in [5.41, 5.74) is 0.